The molecule has 1 rings (SSSR count). The minimum Gasteiger partial charge on any atom is -0.366 e. The van der Waals surface area contributed by atoms with Crippen molar-refractivity contribution >= 4 is 5.82 Å². The predicted octanol–water partition coefficient (Wildman–Crippen LogP) is 2.30. The van der Waals surface area contributed by atoms with E-state index in [1.807, 2.05) is 18.2 Å². The van der Waals surface area contributed by atoms with Crippen LogP contribution < -0.4 is 5.32 Å². The topological polar surface area (TPSA) is 24.9 Å². The maximum atomic E-state index is 5.25. The molecule has 0 saturated carbocycles. The van der Waals surface area contributed by atoms with Gasteiger partial charge in [-0.05, 0) is 18.6 Å². The van der Waals surface area contributed by atoms with E-state index in [-0.39, 0.29) is 0 Å². The van der Waals surface area contributed by atoms with Gasteiger partial charge in [-0.25, -0.2) is 4.98 Å². The van der Waals surface area contributed by atoms with Gasteiger partial charge in [-0.1, -0.05) is 13.0 Å². The minimum absolute atomic E-state index is 0.333. The molecular weight excluding hydrogens is 160 g/mol. The van der Waals surface area contributed by atoms with Crippen LogP contribution in [0.4, 0.5) is 5.82 Å². The Hall–Kier alpha value is -1.49. The van der Waals surface area contributed by atoms with Crippen LogP contribution in [0.5, 0.6) is 0 Å². The van der Waals surface area contributed by atoms with Crippen molar-refractivity contribution in [3.8, 4) is 12.3 Å². The number of anilines is 1. The summed E-state index contributed by atoms with van der Waals surface area (Å²) < 4.78 is 0. The molecule has 2 heteroatoms. The monoisotopic (exact) mass is 174 g/mol. The lowest BCUT2D eigenvalue weighted by Gasteiger charge is -2.14. The number of hydrogen-bond donors (Lipinski definition) is 1. The Morgan fingerprint density at radius 3 is 3.00 bits per heavy atom. The van der Waals surface area contributed by atoms with E-state index in [4.69, 9.17) is 6.42 Å². The van der Waals surface area contributed by atoms with Crippen LogP contribution in [-0.2, 0) is 0 Å². The average Bonchev–Trinajstić information content (AvgIpc) is 2.19. The molecule has 1 heterocycles. The Balaban J connectivity index is 2.53. The van der Waals surface area contributed by atoms with Crippen molar-refractivity contribution in [2.24, 2.45) is 0 Å². The third-order valence-corrected chi connectivity index (χ3v) is 1.87. The molecule has 0 aliphatic heterocycles. The van der Waals surface area contributed by atoms with Gasteiger partial charge in [0.05, 0.1) is 0 Å². The molecule has 1 aromatic heterocycles. The van der Waals surface area contributed by atoms with Crippen LogP contribution in [0.15, 0.2) is 24.4 Å². The first kappa shape index (κ1) is 9.60. The van der Waals surface area contributed by atoms with Crippen LogP contribution >= 0.6 is 0 Å². The van der Waals surface area contributed by atoms with Gasteiger partial charge in [0.15, 0.2) is 0 Å². The summed E-state index contributed by atoms with van der Waals surface area (Å²) in [5.74, 6) is 3.54. The first-order chi connectivity index (χ1) is 6.36. The summed E-state index contributed by atoms with van der Waals surface area (Å²) in [6.45, 7) is 2.11. The number of hydrogen-bond acceptors (Lipinski definition) is 2. The quantitative estimate of drug-likeness (QED) is 0.708. The largest absolute Gasteiger partial charge is 0.366 e. The highest BCUT2D eigenvalue weighted by atomic mass is 15.0. The molecule has 0 fully saturated rings. The Morgan fingerprint density at radius 2 is 2.46 bits per heavy atom. The maximum absolute atomic E-state index is 5.25. The van der Waals surface area contributed by atoms with Gasteiger partial charge >= 0.3 is 0 Å². The van der Waals surface area contributed by atoms with E-state index in [0.717, 1.165) is 18.7 Å². The van der Waals surface area contributed by atoms with Gasteiger partial charge in [-0.2, -0.15) is 0 Å². The first-order valence-electron chi connectivity index (χ1n) is 4.47. The van der Waals surface area contributed by atoms with Crippen LogP contribution in [0.25, 0.3) is 0 Å². The van der Waals surface area contributed by atoms with Crippen LogP contribution in [0.2, 0.25) is 0 Å². The summed E-state index contributed by atoms with van der Waals surface area (Å²) in [7, 11) is 0. The van der Waals surface area contributed by atoms with E-state index in [1.165, 1.54) is 0 Å². The van der Waals surface area contributed by atoms with Crippen LogP contribution in [0, 0.1) is 12.3 Å². The molecular formula is C11H14N2. The second-order valence-corrected chi connectivity index (χ2v) is 2.87. The Labute approximate surface area is 79.4 Å². The van der Waals surface area contributed by atoms with Gasteiger partial charge in [0.1, 0.15) is 5.82 Å². The van der Waals surface area contributed by atoms with Crippen molar-refractivity contribution in [1.29, 1.82) is 0 Å². The summed E-state index contributed by atoms with van der Waals surface area (Å²) in [6, 6.07) is 6.13. The molecule has 0 aromatic carbocycles. The Bertz CT molecular complexity index is 274. The van der Waals surface area contributed by atoms with Gasteiger partial charge in [0.2, 0.25) is 0 Å². The first-order valence-corrected chi connectivity index (χ1v) is 4.47. The highest BCUT2D eigenvalue weighted by molar-refractivity contribution is 5.34. The number of aromatic nitrogens is 1. The third-order valence-electron chi connectivity index (χ3n) is 1.87. The SMILES string of the molecule is C#CCC(CC)Nc1ccccn1. The van der Waals surface area contributed by atoms with Gasteiger partial charge < -0.3 is 5.32 Å². The fourth-order valence-electron chi connectivity index (χ4n) is 1.10. The average molecular weight is 174 g/mol. The van der Waals surface area contributed by atoms with Gasteiger partial charge in [0, 0.05) is 18.7 Å². The normalized spacial score (nSPS) is 11.7. The van der Waals surface area contributed by atoms with Crippen LogP contribution in [-0.4, -0.2) is 11.0 Å². The van der Waals surface area contributed by atoms with Crippen molar-refractivity contribution in [2.75, 3.05) is 5.32 Å². The summed E-state index contributed by atoms with van der Waals surface area (Å²) in [6.07, 6.45) is 8.77. The van der Waals surface area contributed by atoms with E-state index in [9.17, 15) is 0 Å². The van der Waals surface area contributed by atoms with E-state index >= 15 is 0 Å². The minimum atomic E-state index is 0.333. The molecule has 2 nitrogen and oxygen atoms in total. The van der Waals surface area contributed by atoms with Gasteiger partial charge in [-0.15, -0.1) is 12.3 Å². The van der Waals surface area contributed by atoms with E-state index in [0.29, 0.717) is 6.04 Å². The van der Waals surface area contributed by atoms with Crippen molar-refractivity contribution in [2.45, 2.75) is 25.8 Å². The molecule has 0 aliphatic carbocycles. The molecule has 68 valence electrons. The molecule has 0 spiro atoms. The second kappa shape index (κ2) is 5.21. The van der Waals surface area contributed by atoms with E-state index in [2.05, 4.69) is 23.1 Å². The molecule has 1 aromatic rings. The molecule has 1 atom stereocenters. The summed E-state index contributed by atoms with van der Waals surface area (Å²) in [5, 5.41) is 3.28. The van der Waals surface area contributed by atoms with Crippen molar-refractivity contribution < 1.29 is 0 Å². The highest BCUT2D eigenvalue weighted by Crippen LogP contribution is 2.06. The third kappa shape index (κ3) is 3.16. The van der Waals surface area contributed by atoms with Crippen molar-refractivity contribution in [3.63, 3.8) is 0 Å². The van der Waals surface area contributed by atoms with Crippen LogP contribution in [0.3, 0.4) is 0 Å². The maximum Gasteiger partial charge on any atom is 0.126 e. The number of nitrogens with zero attached hydrogens (tertiary/aromatic N) is 1. The smallest absolute Gasteiger partial charge is 0.126 e. The predicted molar refractivity (Wildman–Crippen MR) is 55.4 cm³/mol. The van der Waals surface area contributed by atoms with Gasteiger partial charge in [0.25, 0.3) is 0 Å². The fourth-order valence-corrected chi connectivity index (χ4v) is 1.10. The molecule has 0 saturated heterocycles. The second-order valence-electron chi connectivity index (χ2n) is 2.87. The zero-order valence-corrected chi connectivity index (χ0v) is 7.83. The lowest BCUT2D eigenvalue weighted by molar-refractivity contribution is 0.712. The lowest BCUT2D eigenvalue weighted by atomic mass is 10.1. The number of terminal acetylenes is 1. The van der Waals surface area contributed by atoms with Gasteiger partial charge in [-0.3, -0.25) is 0 Å². The number of nitrogens with one attached hydrogen (secondary N) is 1. The molecule has 0 amide bonds. The summed E-state index contributed by atoms with van der Waals surface area (Å²) in [5.41, 5.74) is 0. The molecule has 1 unspecified atom stereocenters. The molecule has 1 N–H and O–H groups in total. The van der Waals surface area contributed by atoms with Crippen molar-refractivity contribution in [3.05, 3.63) is 24.4 Å². The zero-order chi connectivity index (χ0) is 9.52. The number of pyridine rings is 1. The van der Waals surface area contributed by atoms with Crippen molar-refractivity contribution in [1.82, 2.24) is 4.98 Å². The fraction of sp³-hybridized carbons (Fsp3) is 0.364. The van der Waals surface area contributed by atoms with E-state index in [1.54, 1.807) is 6.20 Å². The summed E-state index contributed by atoms with van der Waals surface area (Å²) >= 11 is 0. The standard InChI is InChI=1S/C11H14N2/c1-3-7-10(4-2)13-11-8-5-6-9-12-11/h1,5-6,8-10H,4,7H2,2H3,(H,12,13). The van der Waals surface area contributed by atoms with E-state index < -0.39 is 0 Å². The Kier molecular flexibility index (Phi) is 3.84. The Morgan fingerprint density at radius 1 is 1.62 bits per heavy atom. The highest BCUT2D eigenvalue weighted by Gasteiger charge is 2.03. The zero-order valence-electron chi connectivity index (χ0n) is 7.83. The summed E-state index contributed by atoms with van der Waals surface area (Å²) in [4.78, 5) is 4.17. The van der Waals surface area contributed by atoms with Crippen LogP contribution in [0.1, 0.15) is 19.8 Å². The molecule has 0 bridgehead atoms. The molecule has 0 aliphatic rings. The molecule has 13 heavy (non-hydrogen) atoms. The molecule has 0 radical (unpaired) electrons. The number of rotatable bonds is 4. The lowest BCUT2D eigenvalue weighted by Crippen LogP contribution is -2.18.